The largest absolute Gasteiger partial charge is 0.397 e. The average Bonchev–Trinajstić information content (AvgIpc) is 2.68. The van der Waals surface area contributed by atoms with Crippen LogP contribution in [-0.4, -0.2) is 10.9 Å². The molecular formula is C12H13N3O. The van der Waals surface area contributed by atoms with E-state index in [4.69, 9.17) is 5.73 Å². The predicted octanol–water partition coefficient (Wildman–Crippen LogP) is 2.16. The highest BCUT2D eigenvalue weighted by Crippen LogP contribution is 2.14. The van der Waals surface area contributed by atoms with Crippen LogP contribution in [0, 0.1) is 6.92 Å². The molecular weight excluding hydrogens is 202 g/mol. The first-order chi connectivity index (χ1) is 7.66. The highest BCUT2D eigenvalue weighted by atomic mass is 16.1. The van der Waals surface area contributed by atoms with Gasteiger partial charge >= 0.3 is 0 Å². The van der Waals surface area contributed by atoms with Gasteiger partial charge in [0.05, 0.1) is 0 Å². The van der Waals surface area contributed by atoms with Gasteiger partial charge in [0.1, 0.15) is 5.69 Å². The van der Waals surface area contributed by atoms with Crippen LogP contribution in [0.25, 0.3) is 0 Å². The van der Waals surface area contributed by atoms with Gasteiger partial charge in [-0.15, -0.1) is 0 Å². The Labute approximate surface area is 93.5 Å². The van der Waals surface area contributed by atoms with Crippen molar-refractivity contribution in [3.05, 3.63) is 47.8 Å². The van der Waals surface area contributed by atoms with Gasteiger partial charge in [0.15, 0.2) is 0 Å². The Hall–Kier alpha value is -2.23. The van der Waals surface area contributed by atoms with Crippen LogP contribution in [0.15, 0.2) is 36.5 Å². The molecule has 0 aliphatic carbocycles. The number of aryl methyl sites for hydroxylation is 1. The molecule has 0 bridgehead atoms. The van der Waals surface area contributed by atoms with Crippen molar-refractivity contribution < 1.29 is 4.79 Å². The molecule has 0 saturated heterocycles. The number of hydrogen-bond acceptors (Lipinski definition) is 2. The molecule has 1 aromatic carbocycles. The molecule has 0 spiro atoms. The molecule has 4 nitrogen and oxygen atoms in total. The highest BCUT2D eigenvalue weighted by Gasteiger charge is 2.08. The van der Waals surface area contributed by atoms with Gasteiger partial charge in [-0.1, -0.05) is 18.2 Å². The Bertz CT molecular complexity index is 516. The lowest BCUT2D eigenvalue weighted by molar-refractivity contribution is 0.102. The molecule has 2 aromatic rings. The minimum absolute atomic E-state index is 0.189. The van der Waals surface area contributed by atoms with Crippen LogP contribution >= 0.6 is 0 Å². The molecule has 0 fully saturated rings. The van der Waals surface area contributed by atoms with Crippen LogP contribution in [0.4, 0.5) is 11.4 Å². The van der Waals surface area contributed by atoms with E-state index in [0.717, 1.165) is 11.3 Å². The SMILES string of the molecule is Cc1ccccc1NC(=O)c1cc(N)c[nH]1. The maximum absolute atomic E-state index is 11.8. The zero-order valence-electron chi connectivity index (χ0n) is 8.95. The Morgan fingerprint density at radius 1 is 1.38 bits per heavy atom. The van der Waals surface area contributed by atoms with Crippen molar-refractivity contribution in [3.8, 4) is 0 Å². The molecule has 2 rings (SSSR count). The molecule has 4 N–H and O–H groups in total. The minimum Gasteiger partial charge on any atom is -0.397 e. The highest BCUT2D eigenvalue weighted by molar-refractivity contribution is 6.03. The quantitative estimate of drug-likeness (QED) is 0.718. The molecule has 82 valence electrons. The van der Waals surface area contributed by atoms with Crippen LogP contribution in [0.3, 0.4) is 0 Å². The molecule has 0 aliphatic rings. The Balaban J connectivity index is 2.17. The zero-order valence-corrected chi connectivity index (χ0v) is 8.95. The molecule has 4 heteroatoms. The maximum atomic E-state index is 11.8. The number of nitrogens with two attached hydrogens (primary N) is 1. The number of nitrogen functional groups attached to an aromatic ring is 1. The van der Waals surface area contributed by atoms with Gasteiger partial charge in [0, 0.05) is 17.6 Å². The van der Waals surface area contributed by atoms with Crippen LogP contribution in [0.5, 0.6) is 0 Å². The third kappa shape index (κ3) is 2.06. The number of amides is 1. The van der Waals surface area contributed by atoms with Gasteiger partial charge in [0.25, 0.3) is 5.91 Å². The first-order valence-electron chi connectivity index (χ1n) is 4.97. The lowest BCUT2D eigenvalue weighted by Crippen LogP contribution is -2.12. The smallest absolute Gasteiger partial charge is 0.272 e. The van der Waals surface area contributed by atoms with Crippen molar-refractivity contribution in [2.45, 2.75) is 6.92 Å². The summed E-state index contributed by atoms with van der Waals surface area (Å²) in [5.74, 6) is -0.189. The molecule has 0 atom stereocenters. The van der Waals surface area contributed by atoms with E-state index in [1.807, 2.05) is 31.2 Å². The normalized spacial score (nSPS) is 10.1. The van der Waals surface area contributed by atoms with Crippen molar-refractivity contribution in [2.24, 2.45) is 0 Å². The number of anilines is 2. The number of aromatic nitrogens is 1. The third-order valence-electron chi connectivity index (χ3n) is 2.34. The Morgan fingerprint density at radius 3 is 2.75 bits per heavy atom. The second-order valence-corrected chi connectivity index (χ2v) is 3.62. The summed E-state index contributed by atoms with van der Waals surface area (Å²) in [6.45, 7) is 1.94. The molecule has 0 radical (unpaired) electrons. The molecule has 0 aliphatic heterocycles. The summed E-state index contributed by atoms with van der Waals surface area (Å²) in [4.78, 5) is 14.6. The summed E-state index contributed by atoms with van der Waals surface area (Å²) in [5.41, 5.74) is 8.37. The van der Waals surface area contributed by atoms with Gasteiger partial charge in [0.2, 0.25) is 0 Å². The third-order valence-corrected chi connectivity index (χ3v) is 2.34. The number of aromatic amines is 1. The monoisotopic (exact) mass is 215 g/mol. The number of carbonyl (C=O) groups excluding carboxylic acids is 1. The van der Waals surface area contributed by atoms with Gasteiger partial charge in [-0.2, -0.15) is 0 Å². The molecule has 1 amide bonds. The molecule has 1 aromatic heterocycles. The van der Waals surface area contributed by atoms with Crippen molar-refractivity contribution in [1.82, 2.24) is 4.98 Å². The van der Waals surface area contributed by atoms with E-state index in [1.54, 1.807) is 12.3 Å². The summed E-state index contributed by atoms with van der Waals surface area (Å²) in [5, 5.41) is 2.81. The van der Waals surface area contributed by atoms with E-state index in [2.05, 4.69) is 10.3 Å². The first-order valence-corrected chi connectivity index (χ1v) is 4.97. The van der Waals surface area contributed by atoms with Crippen LogP contribution < -0.4 is 11.1 Å². The van der Waals surface area contributed by atoms with E-state index >= 15 is 0 Å². The lowest BCUT2D eigenvalue weighted by Gasteiger charge is -2.06. The zero-order chi connectivity index (χ0) is 11.5. The fraction of sp³-hybridized carbons (Fsp3) is 0.0833. The van der Waals surface area contributed by atoms with E-state index in [0.29, 0.717) is 11.4 Å². The summed E-state index contributed by atoms with van der Waals surface area (Å²) >= 11 is 0. The van der Waals surface area contributed by atoms with Crippen LogP contribution in [0.1, 0.15) is 16.1 Å². The van der Waals surface area contributed by atoms with Crippen molar-refractivity contribution in [3.63, 3.8) is 0 Å². The second-order valence-electron chi connectivity index (χ2n) is 3.62. The first kappa shape index (κ1) is 10.3. The number of H-pyrrole nitrogens is 1. The van der Waals surface area contributed by atoms with Crippen LogP contribution in [0.2, 0.25) is 0 Å². The fourth-order valence-electron chi connectivity index (χ4n) is 1.44. The van der Waals surface area contributed by atoms with E-state index in [9.17, 15) is 4.79 Å². The number of nitrogens with one attached hydrogen (secondary N) is 2. The molecule has 16 heavy (non-hydrogen) atoms. The fourth-order valence-corrected chi connectivity index (χ4v) is 1.44. The van der Waals surface area contributed by atoms with Gasteiger partial charge in [-0.3, -0.25) is 4.79 Å². The van der Waals surface area contributed by atoms with Crippen molar-refractivity contribution in [2.75, 3.05) is 11.1 Å². The molecule has 1 heterocycles. The molecule has 0 saturated carbocycles. The van der Waals surface area contributed by atoms with Crippen LogP contribution in [-0.2, 0) is 0 Å². The van der Waals surface area contributed by atoms with E-state index < -0.39 is 0 Å². The number of hydrogen-bond donors (Lipinski definition) is 3. The minimum atomic E-state index is -0.189. The standard InChI is InChI=1S/C12H13N3O/c1-8-4-2-3-5-10(8)15-12(16)11-6-9(13)7-14-11/h2-7,14H,13H2,1H3,(H,15,16). The molecule has 0 unspecified atom stereocenters. The van der Waals surface area contributed by atoms with Crippen molar-refractivity contribution >= 4 is 17.3 Å². The van der Waals surface area contributed by atoms with E-state index in [-0.39, 0.29) is 5.91 Å². The maximum Gasteiger partial charge on any atom is 0.272 e. The average molecular weight is 215 g/mol. The number of rotatable bonds is 2. The summed E-state index contributed by atoms with van der Waals surface area (Å²) in [6, 6.07) is 9.22. The number of benzene rings is 1. The summed E-state index contributed by atoms with van der Waals surface area (Å²) in [6.07, 6.45) is 1.59. The Morgan fingerprint density at radius 2 is 2.12 bits per heavy atom. The van der Waals surface area contributed by atoms with Gasteiger partial charge in [-0.05, 0) is 24.6 Å². The van der Waals surface area contributed by atoms with E-state index in [1.165, 1.54) is 0 Å². The number of carbonyl (C=O) groups is 1. The lowest BCUT2D eigenvalue weighted by atomic mass is 10.2. The Kier molecular flexibility index (Phi) is 2.64. The summed E-state index contributed by atoms with van der Waals surface area (Å²) in [7, 11) is 0. The number of para-hydroxylation sites is 1. The van der Waals surface area contributed by atoms with Gasteiger partial charge in [-0.25, -0.2) is 0 Å². The van der Waals surface area contributed by atoms with Gasteiger partial charge < -0.3 is 16.0 Å². The second kappa shape index (κ2) is 4.10. The van der Waals surface area contributed by atoms with Crippen molar-refractivity contribution in [1.29, 1.82) is 0 Å². The topological polar surface area (TPSA) is 70.9 Å². The predicted molar refractivity (Wildman–Crippen MR) is 64.3 cm³/mol. The summed E-state index contributed by atoms with van der Waals surface area (Å²) < 4.78 is 0.